The molecule has 6 heteroatoms. The van der Waals surface area contributed by atoms with E-state index in [1.54, 1.807) is 6.33 Å². The van der Waals surface area contributed by atoms with Gasteiger partial charge in [0.1, 0.15) is 17.8 Å². The number of hydrogen-bond donors (Lipinski definition) is 3. The highest BCUT2D eigenvalue weighted by atomic mass is 15.1. The number of nitriles is 1. The molecule has 0 amide bonds. The topological polar surface area (TPSA) is 89.4 Å². The van der Waals surface area contributed by atoms with Crippen LogP contribution in [0.4, 0.5) is 5.82 Å². The van der Waals surface area contributed by atoms with Crippen molar-refractivity contribution in [3.63, 3.8) is 0 Å². The minimum atomic E-state index is 0.403. The van der Waals surface area contributed by atoms with Crippen molar-refractivity contribution in [2.24, 2.45) is 0 Å². The predicted molar refractivity (Wildman–Crippen MR) is 77.3 cm³/mol. The largest absolute Gasteiger partial charge is 0.365 e. The normalized spacial score (nSPS) is 18.9. The third kappa shape index (κ3) is 2.58. The number of H-pyrrole nitrogens is 1. The lowest BCUT2D eigenvalue weighted by Gasteiger charge is -2.24. The average molecular weight is 270 g/mol. The molecule has 2 aromatic rings. The van der Waals surface area contributed by atoms with E-state index in [4.69, 9.17) is 5.26 Å². The van der Waals surface area contributed by atoms with Crippen molar-refractivity contribution >= 4 is 16.9 Å². The summed E-state index contributed by atoms with van der Waals surface area (Å²) in [6.07, 6.45) is 7.07. The van der Waals surface area contributed by atoms with Crippen molar-refractivity contribution in [1.82, 2.24) is 20.3 Å². The van der Waals surface area contributed by atoms with Crippen molar-refractivity contribution in [3.05, 3.63) is 18.1 Å². The number of piperidine rings is 1. The van der Waals surface area contributed by atoms with Crippen molar-refractivity contribution in [2.75, 3.05) is 18.4 Å². The number of aromatic amines is 1. The van der Waals surface area contributed by atoms with E-state index in [0.717, 1.165) is 48.3 Å². The van der Waals surface area contributed by atoms with Gasteiger partial charge in [0.2, 0.25) is 0 Å². The van der Waals surface area contributed by atoms with Gasteiger partial charge in [-0.25, -0.2) is 9.97 Å². The molecule has 1 aliphatic heterocycles. The molecule has 1 aliphatic rings. The molecule has 0 unspecified atom stereocenters. The molecule has 1 atom stereocenters. The molecule has 0 saturated carbocycles. The van der Waals surface area contributed by atoms with Gasteiger partial charge in [-0.2, -0.15) is 5.26 Å². The molecule has 0 bridgehead atoms. The zero-order valence-electron chi connectivity index (χ0n) is 11.3. The Hall–Kier alpha value is -2.13. The molecule has 104 valence electrons. The Morgan fingerprint density at radius 1 is 1.45 bits per heavy atom. The standard InChI is InChI=1S/C14H18N6/c15-5-1-3-10-7-17-13-12(10)14(19-9-18-13)20-11-4-2-6-16-8-11/h7,9,11,16H,1-4,6,8H2,(H2,17,18,19,20)/t11-/m1/s1. The van der Waals surface area contributed by atoms with Gasteiger partial charge in [0.05, 0.1) is 11.5 Å². The maximum Gasteiger partial charge on any atom is 0.143 e. The van der Waals surface area contributed by atoms with Crippen LogP contribution in [0.25, 0.3) is 11.0 Å². The minimum absolute atomic E-state index is 0.403. The summed E-state index contributed by atoms with van der Waals surface area (Å²) in [4.78, 5) is 11.8. The number of fused-ring (bicyclic) bond motifs is 1. The SMILES string of the molecule is N#CCCc1c[nH]c2ncnc(N[C@@H]3CCCNC3)c12. The summed E-state index contributed by atoms with van der Waals surface area (Å²) in [5.74, 6) is 0.873. The molecule has 1 fully saturated rings. The highest BCUT2D eigenvalue weighted by Gasteiger charge is 2.16. The molecule has 2 aromatic heterocycles. The van der Waals surface area contributed by atoms with Crippen LogP contribution in [0.5, 0.6) is 0 Å². The van der Waals surface area contributed by atoms with Crippen molar-refractivity contribution in [2.45, 2.75) is 31.7 Å². The minimum Gasteiger partial charge on any atom is -0.365 e. The molecular weight excluding hydrogens is 252 g/mol. The number of nitrogens with one attached hydrogen (secondary N) is 3. The summed E-state index contributed by atoms with van der Waals surface area (Å²) in [6.45, 7) is 2.05. The van der Waals surface area contributed by atoms with E-state index in [0.29, 0.717) is 12.5 Å². The maximum absolute atomic E-state index is 8.75. The second kappa shape index (κ2) is 5.88. The number of hydrogen-bond acceptors (Lipinski definition) is 5. The van der Waals surface area contributed by atoms with E-state index in [-0.39, 0.29) is 0 Å². The summed E-state index contributed by atoms with van der Waals surface area (Å²) < 4.78 is 0. The van der Waals surface area contributed by atoms with E-state index < -0.39 is 0 Å². The van der Waals surface area contributed by atoms with Crippen LogP contribution in [0.1, 0.15) is 24.8 Å². The van der Waals surface area contributed by atoms with Gasteiger partial charge in [0.15, 0.2) is 0 Å². The van der Waals surface area contributed by atoms with Crippen LogP contribution in [-0.4, -0.2) is 34.1 Å². The van der Waals surface area contributed by atoms with Gasteiger partial charge in [0.25, 0.3) is 0 Å². The predicted octanol–water partition coefficient (Wildman–Crippen LogP) is 1.58. The first-order valence-corrected chi connectivity index (χ1v) is 7.03. The van der Waals surface area contributed by atoms with E-state index in [1.807, 2.05) is 6.20 Å². The van der Waals surface area contributed by atoms with Crippen LogP contribution < -0.4 is 10.6 Å². The van der Waals surface area contributed by atoms with Gasteiger partial charge in [0, 0.05) is 25.2 Å². The van der Waals surface area contributed by atoms with Crippen LogP contribution in [0.2, 0.25) is 0 Å². The molecule has 0 aromatic carbocycles. The monoisotopic (exact) mass is 270 g/mol. The third-order valence-corrected chi connectivity index (χ3v) is 3.70. The summed E-state index contributed by atoms with van der Waals surface area (Å²) in [7, 11) is 0. The van der Waals surface area contributed by atoms with Gasteiger partial charge >= 0.3 is 0 Å². The second-order valence-corrected chi connectivity index (χ2v) is 5.11. The lowest BCUT2D eigenvalue weighted by atomic mass is 10.1. The first kappa shape index (κ1) is 12.9. The van der Waals surface area contributed by atoms with Crippen LogP contribution in [0.15, 0.2) is 12.5 Å². The molecule has 3 N–H and O–H groups in total. The fourth-order valence-corrected chi connectivity index (χ4v) is 2.69. The molecule has 6 nitrogen and oxygen atoms in total. The van der Waals surface area contributed by atoms with Crippen LogP contribution >= 0.6 is 0 Å². The van der Waals surface area contributed by atoms with Crippen molar-refractivity contribution < 1.29 is 0 Å². The number of anilines is 1. The highest BCUT2D eigenvalue weighted by Crippen LogP contribution is 2.25. The number of nitrogens with zero attached hydrogens (tertiary/aromatic N) is 3. The number of aryl methyl sites for hydroxylation is 1. The van der Waals surface area contributed by atoms with Crippen LogP contribution in [0.3, 0.4) is 0 Å². The Kier molecular flexibility index (Phi) is 3.79. The van der Waals surface area contributed by atoms with Gasteiger partial charge in [-0.3, -0.25) is 0 Å². The summed E-state index contributed by atoms with van der Waals surface area (Å²) in [5, 5.41) is 16.7. The Morgan fingerprint density at radius 2 is 2.40 bits per heavy atom. The van der Waals surface area contributed by atoms with E-state index >= 15 is 0 Å². The third-order valence-electron chi connectivity index (χ3n) is 3.70. The van der Waals surface area contributed by atoms with Gasteiger partial charge in [-0.15, -0.1) is 0 Å². The van der Waals surface area contributed by atoms with Crippen molar-refractivity contribution in [3.8, 4) is 6.07 Å². The van der Waals surface area contributed by atoms with Gasteiger partial charge in [-0.1, -0.05) is 0 Å². The summed E-state index contributed by atoms with van der Waals surface area (Å²) >= 11 is 0. The summed E-state index contributed by atoms with van der Waals surface area (Å²) in [6, 6.07) is 2.59. The second-order valence-electron chi connectivity index (χ2n) is 5.11. The van der Waals surface area contributed by atoms with Gasteiger partial charge in [-0.05, 0) is 31.4 Å². The van der Waals surface area contributed by atoms with Crippen molar-refractivity contribution in [1.29, 1.82) is 5.26 Å². The molecule has 0 radical (unpaired) electrons. The fourth-order valence-electron chi connectivity index (χ4n) is 2.69. The number of aromatic nitrogens is 3. The first-order chi connectivity index (χ1) is 9.88. The van der Waals surface area contributed by atoms with E-state index in [9.17, 15) is 0 Å². The molecule has 3 heterocycles. The van der Waals surface area contributed by atoms with E-state index in [2.05, 4.69) is 31.7 Å². The summed E-state index contributed by atoms with van der Waals surface area (Å²) in [5.41, 5.74) is 1.94. The van der Waals surface area contributed by atoms with Gasteiger partial charge < -0.3 is 15.6 Å². The molecule has 20 heavy (non-hydrogen) atoms. The molecule has 0 aliphatic carbocycles. The molecular formula is C14H18N6. The average Bonchev–Trinajstić information content (AvgIpc) is 2.90. The lowest BCUT2D eigenvalue weighted by molar-refractivity contribution is 0.479. The Bertz CT molecular complexity index is 620. The smallest absolute Gasteiger partial charge is 0.143 e. The van der Waals surface area contributed by atoms with E-state index in [1.165, 1.54) is 6.42 Å². The maximum atomic E-state index is 8.75. The number of rotatable bonds is 4. The Morgan fingerprint density at radius 3 is 3.20 bits per heavy atom. The Labute approximate surface area is 117 Å². The first-order valence-electron chi connectivity index (χ1n) is 7.03. The van der Waals surface area contributed by atoms with Crippen LogP contribution in [0, 0.1) is 11.3 Å². The van der Waals surface area contributed by atoms with Crippen LogP contribution in [-0.2, 0) is 6.42 Å². The zero-order chi connectivity index (χ0) is 13.8. The fraction of sp³-hybridized carbons (Fsp3) is 0.500. The Balaban J connectivity index is 1.88. The molecule has 1 saturated heterocycles. The lowest BCUT2D eigenvalue weighted by Crippen LogP contribution is -2.38. The molecule has 0 spiro atoms. The zero-order valence-corrected chi connectivity index (χ0v) is 11.3. The quantitative estimate of drug-likeness (QED) is 0.785. The molecule has 3 rings (SSSR count). The highest BCUT2D eigenvalue weighted by molar-refractivity contribution is 5.90.